The van der Waals surface area contributed by atoms with E-state index >= 15 is 0 Å². The molecule has 0 aromatic rings. The van der Waals surface area contributed by atoms with Crippen molar-refractivity contribution < 1.29 is 92.0 Å². The Morgan fingerprint density at radius 1 is 0.389 bits per heavy atom. The highest BCUT2D eigenvalue weighted by atomic mass is 31.1. The molecule has 0 atom stereocenters. The van der Waals surface area contributed by atoms with Gasteiger partial charge in [0.2, 0.25) is 16.6 Å². The summed E-state index contributed by atoms with van der Waals surface area (Å²) in [7, 11) is -18.9. The second kappa shape index (κ2) is 11.2. The third kappa shape index (κ3) is 16.9. The van der Waals surface area contributed by atoms with Crippen molar-refractivity contribution in [2.45, 2.75) is 73.3 Å². The van der Waals surface area contributed by atoms with E-state index in [1.807, 2.05) is 0 Å². The summed E-state index contributed by atoms with van der Waals surface area (Å²) < 4.78 is 250. The quantitative estimate of drug-likeness (QED) is 0.137. The van der Waals surface area contributed by atoms with Gasteiger partial charge in [0.1, 0.15) is 0 Å². The van der Waals surface area contributed by atoms with Crippen LogP contribution in [0.15, 0.2) is 0 Å². The molecule has 0 spiro atoms. The minimum atomic E-state index is -6.63. The maximum Gasteiger partial charge on any atom is 0.389 e. The first kappa shape index (κ1) is 35.3. The molecule has 0 rings (SSSR count). The van der Waals surface area contributed by atoms with Crippen molar-refractivity contribution in [3.8, 4) is 0 Å². The van der Waals surface area contributed by atoms with E-state index in [0.717, 1.165) is 0 Å². The van der Waals surface area contributed by atoms with E-state index in [2.05, 4.69) is 8.43 Å². The van der Waals surface area contributed by atoms with Crippen LogP contribution in [0.3, 0.4) is 0 Å². The van der Waals surface area contributed by atoms with Gasteiger partial charge in [-0.3, -0.25) is 4.57 Å². The van der Waals surface area contributed by atoms with E-state index in [9.17, 15) is 83.6 Å². The Balaban J connectivity index is 6.64. The van der Waals surface area contributed by atoms with Crippen molar-refractivity contribution in [3.63, 3.8) is 0 Å². The van der Waals surface area contributed by atoms with E-state index in [4.69, 9.17) is 0 Å². The van der Waals surface area contributed by atoms with Gasteiger partial charge in [0.05, 0.1) is 36.3 Å². The lowest BCUT2D eigenvalue weighted by atomic mass is 10.7. The fourth-order valence-corrected chi connectivity index (χ4v) is 13.4. The van der Waals surface area contributed by atoms with Crippen LogP contribution in [-0.4, -0.2) is 53.7 Å². The molecule has 0 saturated carbocycles. The van der Waals surface area contributed by atoms with E-state index in [0.29, 0.717) is 0 Å². The first-order valence-corrected chi connectivity index (χ1v) is 14.9. The monoisotopic (exact) mass is 634 g/mol. The molecule has 0 aromatic heterocycles. The zero-order chi connectivity index (χ0) is 29.2. The molecule has 0 radical (unpaired) electrons. The molecule has 3 nitrogen and oxygen atoms in total. The van der Waals surface area contributed by atoms with Gasteiger partial charge in [-0.2, -0.15) is 79.0 Å². The molecule has 0 aliphatic heterocycles. The Morgan fingerprint density at radius 3 is 0.639 bits per heavy atom. The first-order valence-electron chi connectivity index (χ1n) is 8.66. The molecule has 0 saturated heterocycles. The number of rotatable bonds is 10. The van der Waals surface area contributed by atoms with E-state index in [-0.39, 0.29) is 0 Å². The fourth-order valence-electron chi connectivity index (χ4n) is 3.16. The van der Waals surface area contributed by atoms with Gasteiger partial charge in [0.25, 0.3) is 8.25 Å². The predicted octanol–water partition coefficient (Wildman–Crippen LogP) is 8.67. The maximum absolute atomic E-state index is 12.8. The van der Waals surface area contributed by atoms with Gasteiger partial charge in [-0.25, -0.2) is 0 Å². The molecule has 218 valence electrons. The predicted molar refractivity (Wildman–Crippen MR) is 87.9 cm³/mol. The maximum atomic E-state index is 12.8. The molecule has 0 N–H and O–H groups in total. The van der Waals surface area contributed by atoms with Gasteiger partial charge in [-0.1, -0.05) is 0 Å². The van der Waals surface area contributed by atoms with Crippen LogP contribution in [0.1, 0.15) is 0 Å². The lowest BCUT2D eigenvalue weighted by Crippen LogP contribution is -2.50. The molecule has 0 bridgehead atoms. The highest BCUT2D eigenvalue weighted by molar-refractivity contribution is 7.38. The SMILES string of the molecule is O=[PH](O[Si](CC(F)(F)F)(CC(F)(F)F)CC(F)(F)F)O[Si](CC(F)(F)F)(CC(F)(F)F)CC(F)(F)F. The highest BCUT2D eigenvalue weighted by Crippen LogP contribution is 2.52. The Bertz CT molecular complexity index is 593. The molecule has 0 heterocycles. The van der Waals surface area contributed by atoms with Gasteiger partial charge in [0.15, 0.2) is 0 Å². The van der Waals surface area contributed by atoms with Crippen LogP contribution < -0.4 is 0 Å². The third-order valence-electron chi connectivity index (χ3n) is 3.74. The van der Waals surface area contributed by atoms with Crippen molar-refractivity contribution in [1.29, 1.82) is 0 Å². The lowest BCUT2D eigenvalue weighted by molar-refractivity contribution is -0.132. The third-order valence-corrected chi connectivity index (χ3v) is 14.8. The molecular formula is C12H13F18O3PSi2. The van der Waals surface area contributed by atoms with Crippen molar-refractivity contribution in [1.82, 2.24) is 0 Å². The zero-order valence-corrected chi connectivity index (χ0v) is 19.8. The van der Waals surface area contributed by atoms with Crippen LogP contribution in [0, 0.1) is 0 Å². The van der Waals surface area contributed by atoms with Crippen LogP contribution >= 0.6 is 8.25 Å². The van der Waals surface area contributed by atoms with Gasteiger partial charge in [-0.15, -0.1) is 0 Å². The molecule has 0 aliphatic carbocycles. The summed E-state index contributed by atoms with van der Waals surface area (Å²) in [5.41, 5.74) is 0. The summed E-state index contributed by atoms with van der Waals surface area (Å²) in [5, 5.41) is 0. The topological polar surface area (TPSA) is 35.5 Å². The second-order valence-corrected chi connectivity index (χ2v) is 16.6. The molecule has 0 amide bonds. The van der Waals surface area contributed by atoms with Crippen molar-refractivity contribution >= 4 is 24.9 Å². The van der Waals surface area contributed by atoms with Gasteiger partial charge >= 0.3 is 37.1 Å². The molecule has 0 aromatic carbocycles. The van der Waals surface area contributed by atoms with Gasteiger partial charge in [0, 0.05) is 0 Å². The van der Waals surface area contributed by atoms with Crippen LogP contribution in [0.5, 0.6) is 0 Å². The molecule has 24 heteroatoms. The Morgan fingerprint density at radius 2 is 0.528 bits per heavy atom. The summed E-state index contributed by atoms with van der Waals surface area (Å²) in [4.78, 5) is 0. The Hall–Kier alpha value is -0.676. The molecule has 0 aliphatic rings. The first-order chi connectivity index (χ1) is 15.3. The van der Waals surface area contributed by atoms with E-state index < -0.39 is 98.2 Å². The highest BCUT2D eigenvalue weighted by Gasteiger charge is 2.61. The van der Waals surface area contributed by atoms with Gasteiger partial charge < -0.3 is 8.43 Å². The van der Waals surface area contributed by atoms with Crippen LogP contribution in [0.4, 0.5) is 79.0 Å². The minimum absolute atomic E-state index is 3.11. The summed E-state index contributed by atoms with van der Waals surface area (Å²) in [6.45, 7) is 0. The summed E-state index contributed by atoms with van der Waals surface area (Å²) in [6.07, 6.45) is -35.6. The minimum Gasteiger partial charge on any atom is -0.352 e. The number of hydrogen-bond donors (Lipinski definition) is 0. The van der Waals surface area contributed by atoms with Crippen LogP contribution in [-0.2, 0) is 13.0 Å². The average Bonchev–Trinajstić information content (AvgIpc) is 2.31. The fraction of sp³-hybridized carbons (Fsp3) is 1.00. The number of halogens is 18. The lowest BCUT2D eigenvalue weighted by Gasteiger charge is -2.36. The molecule has 0 unspecified atom stereocenters. The zero-order valence-electron chi connectivity index (χ0n) is 16.8. The largest absolute Gasteiger partial charge is 0.389 e. The molecule has 36 heavy (non-hydrogen) atoms. The summed E-state index contributed by atoms with van der Waals surface area (Å²) >= 11 is 0. The van der Waals surface area contributed by atoms with Crippen LogP contribution in [0.25, 0.3) is 0 Å². The van der Waals surface area contributed by atoms with Gasteiger partial charge in [-0.05, 0) is 0 Å². The second-order valence-electron chi connectivity index (χ2n) is 7.57. The number of hydrogen-bond acceptors (Lipinski definition) is 3. The Labute approximate surface area is 191 Å². The summed E-state index contributed by atoms with van der Waals surface area (Å²) in [6, 6.07) is -18.6. The van der Waals surface area contributed by atoms with Crippen molar-refractivity contribution in [3.05, 3.63) is 0 Å². The summed E-state index contributed by atoms with van der Waals surface area (Å²) in [5.74, 6) is 0. The molecular weight excluding hydrogens is 621 g/mol. The normalized spacial score (nSPS) is 15.6. The Kier molecular flexibility index (Phi) is 11.0. The van der Waals surface area contributed by atoms with Crippen molar-refractivity contribution in [2.24, 2.45) is 0 Å². The standard InChI is InChI=1S/C12H13F18O3PSi2/c13-7(14,15)1-35(2-8(16,17)18,3-9(19,20)21)32-34(31)33-36(4-10(22,23)24,5-11(25,26)27)6-12(28,29)30/h34H,1-6H2. The molecule has 0 fully saturated rings. The van der Waals surface area contributed by atoms with Crippen molar-refractivity contribution in [2.75, 3.05) is 0 Å². The van der Waals surface area contributed by atoms with Crippen LogP contribution in [0.2, 0.25) is 36.3 Å². The van der Waals surface area contributed by atoms with E-state index in [1.165, 1.54) is 0 Å². The van der Waals surface area contributed by atoms with E-state index in [1.54, 1.807) is 0 Å². The number of alkyl halides is 18. The average molecular weight is 634 g/mol. The smallest absolute Gasteiger partial charge is 0.352 e.